The first-order valence-electron chi connectivity index (χ1n) is 8.41. The van der Waals surface area contributed by atoms with Crippen molar-refractivity contribution in [1.82, 2.24) is 4.90 Å². The summed E-state index contributed by atoms with van der Waals surface area (Å²) in [6.07, 6.45) is 3.05. The van der Waals surface area contributed by atoms with Crippen LogP contribution in [0.1, 0.15) is 60.3 Å². The van der Waals surface area contributed by atoms with Gasteiger partial charge >= 0.3 is 0 Å². The Balaban J connectivity index is 2.67. The predicted octanol–water partition coefficient (Wildman–Crippen LogP) is 2.40. The second kappa shape index (κ2) is 7.59. The summed E-state index contributed by atoms with van der Waals surface area (Å²) in [6, 6.07) is 0.0363. The van der Waals surface area contributed by atoms with E-state index in [1.165, 1.54) is 0 Å². The normalized spacial score (nSPS) is 25.2. The molecule has 1 rings (SSSR count). The third kappa shape index (κ3) is 5.26. The van der Waals surface area contributed by atoms with Crippen LogP contribution in [-0.4, -0.2) is 41.1 Å². The number of nitrogens with two attached hydrogens (primary N) is 1. The molecule has 0 aliphatic carbocycles. The van der Waals surface area contributed by atoms with Gasteiger partial charge in [0.1, 0.15) is 0 Å². The summed E-state index contributed by atoms with van der Waals surface area (Å²) in [5, 5.41) is 10.3. The average molecular weight is 298 g/mol. The largest absolute Gasteiger partial charge is 0.393 e. The minimum atomic E-state index is -0.349. The van der Waals surface area contributed by atoms with Crippen LogP contribution in [0.25, 0.3) is 0 Å². The molecule has 1 saturated heterocycles. The molecule has 0 spiro atoms. The lowest BCUT2D eigenvalue weighted by Gasteiger charge is -2.40. The van der Waals surface area contributed by atoms with E-state index in [-0.39, 0.29) is 29.4 Å². The molecule has 0 aromatic heterocycles. The molecular formula is C17H34N2O2. The van der Waals surface area contributed by atoms with Gasteiger partial charge in [-0.05, 0) is 37.0 Å². The van der Waals surface area contributed by atoms with Gasteiger partial charge in [0, 0.05) is 25.0 Å². The minimum absolute atomic E-state index is 0.0363. The lowest BCUT2D eigenvalue weighted by Crippen LogP contribution is -2.51. The van der Waals surface area contributed by atoms with Crippen molar-refractivity contribution in [3.63, 3.8) is 0 Å². The average Bonchev–Trinajstić information content (AvgIpc) is 2.38. The zero-order chi connectivity index (χ0) is 16.2. The van der Waals surface area contributed by atoms with Crippen LogP contribution in [0.15, 0.2) is 0 Å². The lowest BCUT2D eigenvalue weighted by molar-refractivity contribution is -0.138. The first kappa shape index (κ1) is 18.4. The summed E-state index contributed by atoms with van der Waals surface area (Å²) < 4.78 is 0. The van der Waals surface area contributed by atoms with E-state index < -0.39 is 0 Å². The zero-order valence-corrected chi connectivity index (χ0v) is 14.4. The Morgan fingerprint density at radius 1 is 1.29 bits per heavy atom. The van der Waals surface area contributed by atoms with E-state index in [2.05, 4.69) is 13.8 Å². The molecule has 4 nitrogen and oxygen atoms in total. The van der Waals surface area contributed by atoms with E-state index in [1.807, 2.05) is 25.7 Å². The third-order valence-corrected chi connectivity index (χ3v) is 4.77. The number of hydrogen-bond donors (Lipinski definition) is 2. The lowest BCUT2D eigenvalue weighted by atomic mass is 9.80. The molecule has 124 valence electrons. The first-order valence-corrected chi connectivity index (χ1v) is 8.41. The summed E-state index contributed by atoms with van der Waals surface area (Å²) in [4.78, 5) is 14.5. The topological polar surface area (TPSA) is 66.6 Å². The van der Waals surface area contributed by atoms with Crippen molar-refractivity contribution in [3.05, 3.63) is 0 Å². The van der Waals surface area contributed by atoms with Gasteiger partial charge in [-0.3, -0.25) is 4.79 Å². The summed E-state index contributed by atoms with van der Waals surface area (Å²) in [5.74, 6) is 0.662. The van der Waals surface area contributed by atoms with Crippen molar-refractivity contribution in [3.8, 4) is 0 Å². The molecule has 1 aliphatic rings. The number of rotatable bonds is 5. The molecule has 0 aromatic carbocycles. The molecule has 3 atom stereocenters. The van der Waals surface area contributed by atoms with Crippen molar-refractivity contribution in [2.75, 3.05) is 13.1 Å². The van der Waals surface area contributed by atoms with Gasteiger partial charge in [-0.15, -0.1) is 0 Å². The number of aliphatic hydroxyl groups excluding tert-OH is 1. The van der Waals surface area contributed by atoms with Gasteiger partial charge < -0.3 is 15.7 Å². The number of nitrogens with zero attached hydrogens (tertiary/aromatic N) is 1. The Kier molecular flexibility index (Phi) is 6.67. The molecule has 0 aromatic rings. The van der Waals surface area contributed by atoms with Gasteiger partial charge in [-0.2, -0.15) is 0 Å². The van der Waals surface area contributed by atoms with E-state index in [1.54, 1.807) is 0 Å². The van der Waals surface area contributed by atoms with Crippen molar-refractivity contribution in [2.45, 2.75) is 72.4 Å². The van der Waals surface area contributed by atoms with Crippen LogP contribution in [0, 0.1) is 17.3 Å². The maximum absolute atomic E-state index is 12.5. The number of aliphatic hydroxyl groups is 1. The van der Waals surface area contributed by atoms with E-state index >= 15 is 0 Å². The quantitative estimate of drug-likeness (QED) is 0.819. The van der Waals surface area contributed by atoms with Crippen LogP contribution < -0.4 is 5.73 Å². The fraction of sp³-hybridized carbons (Fsp3) is 0.941. The van der Waals surface area contributed by atoms with Crippen LogP contribution in [0.4, 0.5) is 0 Å². The molecule has 1 heterocycles. The van der Waals surface area contributed by atoms with Crippen molar-refractivity contribution >= 4 is 5.91 Å². The number of amides is 1. The predicted molar refractivity (Wildman–Crippen MR) is 86.8 cm³/mol. The van der Waals surface area contributed by atoms with Crippen LogP contribution in [0.3, 0.4) is 0 Å². The highest BCUT2D eigenvalue weighted by molar-refractivity contribution is 5.78. The highest BCUT2D eigenvalue weighted by Gasteiger charge is 2.33. The fourth-order valence-electron chi connectivity index (χ4n) is 3.16. The van der Waals surface area contributed by atoms with E-state index in [0.29, 0.717) is 12.5 Å². The minimum Gasteiger partial charge on any atom is -0.393 e. The van der Waals surface area contributed by atoms with Crippen LogP contribution in [0.5, 0.6) is 0 Å². The standard InChI is InChI=1S/C17H34N2O2/c1-6-13(7-2)16(21)19-10-12(8-14(18)11-19)9-15(20)17(3,4)5/h12-15,20H,6-11,18H2,1-5H3. The second-order valence-electron chi connectivity index (χ2n) is 7.74. The maximum Gasteiger partial charge on any atom is 0.225 e. The monoisotopic (exact) mass is 298 g/mol. The van der Waals surface area contributed by atoms with Crippen molar-refractivity contribution in [1.29, 1.82) is 0 Å². The Morgan fingerprint density at radius 3 is 2.33 bits per heavy atom. The smallest absolute Gasteiger partial charge is 0.225 e. The Bertz CT molecular complexity index is 334. The first-order chi connectivity index (χ1) is 9.68. The summed E-state index contributed by atoms with van der Waals surface area (Å²) in [7, 11) is 0. The van der Waals surface area contributed by atoms with E-state index in [4.69, 9.17) is 5.73 Å². The molecule has 1 fully saturated rings. The number of hydrogen-bond acceptors (Lipinski definition) is 3. The number of carbonyl (C=O) groups excluding carboxylic acids is 1. The van der Waals surface area contributed by atoms with Gasteiger partial charge in [-0.25, -0.2) is 0 Å². The van der Waals surface area contributed by atoms with E-state index in [0.717, 1.165) is 32.2 Å². The molecule has 3 unspecified atom stereocenters. The summed E-state index contributed by atoms with van der Waals surface area (Å²) in [6.45, 7) is 11.7. The Morgan fingerprint density at radius 2 is 1.86 bits per heavy atom. The molecule has 0 saturated carbocycles. The highest BCUT2D eigenvalue weighted by Crippen LogP contribution is 2.29. The molecule has 3 N–H and O–H groups in total. The molecule has 1 amide bonds. The fourth-order valence-corrected chi connectivity index (χ4v) is 3.16. The number of carbonyl (C=O) groups is 1. The van der Waals surface area contributed by atoms with Crippen LogP contribution >= 0.6 is 0 Å². The van der Waals surface area contributed by atoms with E-state index in [9.17, 15) is 9.90 Å². The molecule has 1 aliphatic heterocycles. The molecule has 4 heteroatoms. The van der Waals surface area contributed by atoms with Gasteiger partial charge in [0.05, 0.1) is 6.10 Å². The molecule has 0 radical (unpaired) electrons. The number of piperidine rings is 1. The summed E-state index contributed by atoms with van der Waals surface area (Å²) in [5.41, 5.74) is 6.03. The highest BCUT2D eigenvalue weighted by atomic mass is 16.3. The van der Waals surface area contributed by atoms with Gasteiger partial charge in [0.25, 0.3) is 0 Å². The summed E-state index contributed by atoms with van der Waals surface area (Å²) >= 11 is 0. The van der Waals surface area contributed by atoms with Crippen molar-refractivity contribution < 1.29 is 9.90 Å². The zero-order valence-electron chi connectivity index (χ0n) is 14.4. The van der Waals surface area contributed by atoms with Crippen molar-refractivity contribution in [2.24, 2.45) is 23.0 Å². The SMILES string of the molecule is CCC(CC)C(=O)N1CC(N)CC(CC(O)C(C)(C)C)C1. The van der Waals surface area contributed by atoms with Gasteiger partial charge in [0.15, 0.2) is 0 Å². The second-order valence-corrected chi connectivity index (χ2v) is 7.74. The third-order valence-electron chi connectivity index (χ3n) is 4.77. The van der Waals surface area contributed by atoms with Crippen LogP contribution in [-0.2, 0) is 4.79 Å². The van der Waals surface area contributed by atoms with Gasteiger partial charge in [-0.1, -0.05) is 34.6 Å². The molecule has 21 heavy (non-hydrogen) atoms. The molecule has 0 bridgehead atoms. The Hall–Kier alpha value is -0.610. The van der Waals surface area contributed by atoms with Crippen LogP contribution in [0.2, 0.25) is 0 Å². The number of likely N-dealkylation sites (tertiary alicyclic amines) is 1. The maximum atomic E-state index is 12.5. The Labute approximate surface area is 130 Å². The van der Waals surface area contributed by atoms with Gasteiger partial charge in [0.2, 0.25) is 5.91 Å². The molecular weight excluding hydrogens is 264 g/mol.